The van der Waals surface area contributed by atoms with Gasteiger partial charge < -0.3 is 9.13 Å². The molecule has 10 aromatic rings. The molecular weight excluding hydrogens is 613 g/mol. The molecule has 0 saturated heterocycles. The topological polar surface area (TPSA) is 54.7 Å². The van der Waals surface area contributed by atoms with Gasteiger partial charge >= 0.3 is 5.49 Å². The summed E-state index contributed by atoms with van der Waals surface area (Å²) >= 11 is 0. The second kappa shape index (κ2) is 10.2. The molecule has 232 valence electrons. The number of benzene rings is 5. The molecule has 50 heavy (non-hydrogen) atoms. The molecule has 0 saturated carbocycles. The Morgan fingerprint density at radius 1 is 0.420 bits per heavy atom. The number of para-hydroxylation sites is 2. The number of pyridine rings is 2. The molecule has 6 heteroatoms. The van der Waals surface area contributed by atoms with Gasteiger partial charge in [-0.3, -0.25) is 9.97 Å². The van der Waals surface area contributed by atoms with Crippen LogP contribution in [0.5, 0.6) is 0 Å². The highest BCUT2D eigenvalue weighted by Crippen LogP contribution is 2.35. The molecule has 1 aliphatic heterocycles. The normalized spacial score (nSPS) is 12.3. The molecule has 5 aromatic carbocycles. The molecule has 0 aliphatic carbocycles. The molecule has 0 spiro atoms. The van der Waals surface area contributed by atoms with Crippen molar-refractivity contribution in [1.82, 2.24) is 28.3 Å². The number of hydrogen-bond donors (Lipinski definition) is 0. The van der Waals surface area contributed by atoms with Crippen LogP contribution in [0.3, 0.4) is 0 Å². The molecule has 0 amide bonds. The van der Waals surface area contributed by atoms with E-state index in [1.54, 1.807) is 0 Å². The van der Waals surface area contributed by atoms with Crippen molar-refractivity contribution in [3.05, 3.63) is 163 Å². The number of hydrogen-bond acceptors (Lipinski definition) is 2. The minimum absolute atomic E-state index is 0.957. The number of aromatic nitrogens is 5. The first-order valence-corrected chi connectivity index (χ1v) is 16.8. The van der Waals surface area contributed by atoms with Gasteiger partial charge in [0.2, 0.25) is 0 Å². The summed E-state index contributed by atoms with van der Waals surface area (Å²) in [6.45, 7) is 0. The summed E-state index contributed by atoms with van der Waals surface area (Å²) in [6.07, 6.45) is 11.7. The van der Waals surface area contributed by atoms with Crippen molar-refractivity contribution >= 4 is 66.8 Å². The molecule has 0 bridgehead atoms. The summed E-state index contributed by atoms with van der Waals surface area (Å²) in [5.41, 5.74) is 12.4. The van der Waals surface area contributed by atoms with E-state index < -0.39 is 0 Å². The molecule has 5 aromatic heterocycles. The lowest BCUT2D eigenvalue weighted by molar-refractivity contribution is 1.01. The molecule has 6 heterocycles. The smallest absolute Gasteiger partial charge is 0.309 e. The van der Waals surface area contributed by atoms with Crippen LogP contribution in [0, 0.1) is 0 Å². The predicted octanol–water partition coefficient (Wildman–Crippen LogP) is 7.83. The fourth-order valence-electron chi connectivity index (χ4n) is 7.96. The lowest BCUT2D eigenvalue weighted by Gasteiger charge is -2.09. The summed E-state index contributed by atoms with van der Waals surface area (Å²) in [5.74, 6) is 0. The van der Waals surface area contributed by atoms with Crippen LogP contribution < -0.4 is 15.4 Å². The van der Waals surface area contributed by atoms with Crippen LogP contribution in [0.1, 0.15) is 0 Å². The fourth-order valence-corrected chi connectivity index (χ4v) is 7.96. The van der Waals surface area contributed by atoms with Crippen LogP contribution in [-0.4, -0.2) is 29.9 Å². The van der Waals surface area contributed by atoms with Crippen molar-refractivity contribution in [2.45, 2.75) is 0 Å². The minimum atomic E-state index is 0.957. The number of fused-ring (bicyclic) bond motifs is 9. The van der Waals surface area contributed by atoms with E-state index in [0.717, 1.165) is 60.7 Å². The van der Waals surface area contributed by atoms with E-state index >= 15 is 0 Å². The zero-order chi connectivity index (χ0) is 32.8. The van der Waals surface area contributed by atoms with E-state index in [9.17, 15) is 0 Å². The van der Waals surface area contributed by atoms with Gasteiger partial charge in [0, 0.05) is 69.2 Å². The molecule has 6 nitrogen and oxygen atoms in total. The first kappa shape index (κ1) is 27.0. The van der Waals surface area contributed by atoms with Crippen LogP contribution >= 0.6 is 0 Å². The zero-order valence-corrected chi connectivity index (χ0v) is 26.8. The Morgan fingerprint density at radius 3 is 1.84 bits per heavy atom. The summed E-state index contributed by atoms with van der Waals surface area (Å²) in [7, 11) is 0. The first-order valence-electron chi connectivity index (χ1n) is 16.8. The minimum Gasteiger partial charge on any atom is -0.309 e. The summed E-state index contributed by atoms with van der Waals surface area (Å²) in [5, 5.41) is 7.00. The molecule has 0 N–H and O–H groups in total. The second-order valence-corrected chi connectivity index (χ2v) is 12.8. The van der Waals surface area contributed by atoms with Crippen LogP contribution in [0.2, 0.25) is 0 Å². The van der Waals surface area contributed by atoms with Crippen LogP contribution in [0.4, 0.5) is 0 Å². The van der Waals surface area contributed by atoms with Crippen LogP contribution in [0.25, 0.3) is 88.8 Å². The zero-order valence-electron chi connectivity index (χ0n) is 26.8. The Hall–Kier alpha value is -7.01. The van der Waals surface area contributed by atoms with E-state index in [4.69, 9.17) is 4.67 Å². The molecule has 1 aliphatic rings. The third-order valence-electron chi connectivity index (χ3n) is 10.2. The Kier molecular flexibility index (Phi) is 5.53. The van der Waals surface area contributed by atoms with Crippen molar-refractivity contribution in [1.29, 1.82) is 0 Å². The van der Waals surface area contributed by atoms with Crippen molar-refractivity contribution in [3.63, 3.8) is 0 Å². The lowest BCUT2D eigenvalue weighted by Crippen LogP contribution is -2.28. The highest BCUT2D eigenvalue weighted by atomic mass is 15.0. The SMILES string of the molecule is C1=[N+]=c2c(c3cc(-n4c5ccccc5c5cnccc54)ccc3n2-c2ccc(-c3ccc4c(c3)c3cnccc3n4-c3ccccc3)cc2)=C1. The van der Waals surface area contributed by atoms with Crippen molar-refractivity contribution in [3.8, 4) is 28.2 Å². The highest BCUT2D eigenvalue weighted by Gasteiger charge is 2.22. The largest absolute Gasteiger partial charge is 0.388 e. The van der Waals surface area contributed by atoms with E-state index in [1.165, 1.54) is 32.8 Å². The van der Waals surface area contributed by atoms with Gasteiger partial charge in [0.25, 0.3) is 0 Å². The molecular formula is C44H27N6+. The van der Waals surface area contributed by atoms with Gasteiger partial charge in [-0.15, -0.1) is 0 Å². The second-order valence-electron chi connectivity index (χ2n) is 12.8. The molecule has 0 fully saturated rings. The number of nitrogens with zero attached hydrogens (tertiary/aromatic N) is 6. The third kappa shape index (κ3) is 3.76. The van der Waals surface area contributed by atoms with Crippen molar-refractivity contribution in [2.75, 3.05) is 0 Å². The van der Waals surface area contributed by atoms with Crippen LogP contribution in [0.15, 0.2) is 152 Å². The first-order chi connectivity index (χ1) is 24.8. The van der Waals surface area contributed by atoms with E-state index in [-0.39, 0.29) is 0 Å². The van der Waals surface area contributed by atoms with Crippen molar-refractivity contribution < 1.29 is 0 Å². The quantitative estimate of drug-likeness (QED) is 0.184. The van der Waals surface area contributed by atoms with Gasteiger partial charge in [0.1, 0.15) is 11.2 Å². The molecule has 11 rings (SSSR count). The monoisotopic (exact) mass is 639 g/mol. The molecule has 0 atom stereocenters. The summed E-state index contributed by atoms with van der Waals surface area (Å²) < 4.78 is 11.8. The van der Waals surface area contributed by atoms with Gasteiger partial charge in [-0.2, -0.15) is 4.57 Å². The molecule has 0 radical (unpaired) electrons. The number of rotatable bonds is 4. The average Bonchev–Trinajstić information content (AvgIpc) is 3.94. The van der Waals surface area contributed by atoms with Gasteiger partial charge in [-0.25, -0.2) is 4.67 Å². The van der Waals surface area contributed by atoms with Gasteiger partial charge in [0.05, 0.1) is 27.3 Å². The fraction of sp³-hybridized carbons (Fsp3) is 0. The van der Waals surface area contributed by atoms with E-state index in [1.807, 2.05) is 31.0 Å². The van der Waals surface area contributed by atoms with Crippen molar-refractivity contribution in [2.24, 2.45) is 0 Å². The van der Waals surface area contributed by atoms with Gasteiger partial charge in [0.15, 0.2) is 6.21 Å². The third-order valence-corrected chi connectivity index (χ3v) is 10.2. The average molecular weight is 640 g/mol. The Balaban J connectivity index is 1.03. The maximum absolute atomic E-state index is 4.84. The Morgan fingerprint density at radius 2 is 1.02 bits per heavy atom. The maximum Gasteiger partial charge on any atom is 0.388 e. The van der Waals surface area contributed by atoms with Gasteiger partial charge in [-0.1, -0.05) is 54.6 Å². The predicted molar refractivity (Wildman–Crippen MR) is 204 cm³/mol. The Labute approximate surface area is 285 Å². The highest BCUT2D eigenvalue weighted by molar-refractivity contribution is 6.11. The maximum atomic E-state index is 4.84. The van der Waals surface area contributed by atoms with Crippen LogP contribution in [-0.2, 0) is 0 Å². The Bertz CT molecular complexity index is 3120. The van der Waals surface area contributed by atoms with Gasteiger partial charge in [-0.05, 0) is 83.9 Å². The van der Waals surface area contributed by atoms with E-state index in [2.05, 4.69) is 157 Å². The summed E-state index contributed by atoms with van der Waals surface area (Å²) in [4.78, 5) is 8.90. The lowest BCUT2D eigenvalue weighted by atomic mass is 10.0. The summed E-state index contributed by atoms with van der Waals surface area (Å²) in [6, 6.07) is 45.6. The standard InChI is InChI=1S/C44H27N6/c1-2-6-30(7-3-1)48-40-16-12-29(24-35(40)38-27-46-22-20-43(38)48)28-10-13-31(14-11-28)50-41-17-15-32(25-36(41)34-18-23-47-44(34)50)49-39-9-5-4-8-33(39)37-26-45-21-19-42(37)49/h1-27H/q+1. The molecule has 0 unspecified atom stereocenters. The van der Waals surface area contributed by atoms with E-state index in [0.29, 0.717) is 0 Å².